The van der Waals surface area contributed by atoms with E-state index in [9.17, 15) is 4.79 Å². The number of methoxy groups -OCH3 is 1. The van der Waals surface area contributed by atoms with Crippen molar-refractivity contribution in [1.82, 2.24) is 0 Å². The highest BCUT2D eigenvalue weighted by Gasteiger charge is 1.98. The first-order valence-electron chi connectivity index (χ1n) is 4.15. The quantitative estimate of drug-likeness (QED) is 0.776. The molecule has 2 nitrogen and oxygen atoms in total. The number of rotatable bonds is 3. The van der Waals surface area contributed by atoms with Crippen molar-refractivity contribution in [2.75, 3.05) is 7.11 Å². The molecule has 0 aliphatic heterocycles. The second-order valence-electron chi connectivity index (χ2n) is 2.82. The molecule has 0 N–H and O–H groups in total. The fourth-order valence-electron chi connectivity index (χ4n) is 0.948. The van der Waals surface area contributed by atoms with Crippen LogP contribution in [0.25, 0.3) is 6.08 Å². The lowest BCUT2D eigenvalue weighted by Gasteiger charge is -1.99. The lowest BCUT2D eigenvalue weighted by Crippen LogP contribution is -1.87. The van der Waals surface area contributed by atoms with Crippen molar-refractivity contribution in [2.24, 2.45) is 0 Å². The molecule has 1 rings (SSSR count). The SMILES string of the molecule is COc1ccc(/C=C(/Br)C(C)=O)cc1. The van der Waals surface area contributed by atoms with Gasteiger partial charge in [0.15, 0.2) is 5.78 Å². The van der Waals surface area contributed by atoms with E-state index in [0.29, 0.717) is 4.48 Å². The van der Waals surface area contributed by atoms with Gasteiger partial charge in [-0.25, -0.2) is 0 Å². The topological polar surface area (TPSA) is 26.3 Å². The van der Waals surface area contributed by atoms with Crippen LogP contribution in [0.3, 0.4) is 0 Å². The van der Waals surface area contributed by atoms with Gasteiger partial charge in [0, 0.05) is 0 Å². The van der Waals surface area contributed by atoms with Gasteiger partial charge in [-0.3, -0.25) is 4.79 Å². The Labute approximate surface area is 91.7 Å². The predicted molar refractivity (Wildman–Crippen MR) is 60.6 cm³/mol. The molecule has 14 heavy (non-hydrogen) atoms. The maximum Gasteiger partial charge on any atom is 0.166 e. The summed E-state index contributed by atoms with van der Waals surface area (Å²) >= 11 is 3.19. The van der Waals surface area contributed by atoms with Crippen molar-refractivity contribution in [3.63, 3.8) is 0 Å². The number of hydrogen-bond donors (Lipinski definition) is 0. The first-order chi connectivity index (χ1) is 6.63. The Kier molecular flexibility index (Phi) is 3.89. The smallest absolute Gasteiger partial charge is 0.166 e. The Hall–Kier alpha value is -1.09. The number of carbonyl (C=O) groups excluding carboxylic acids is 1. The lowest BCUT2D eigenvalue weighted by molar-refractivity contribution is -0.112. The zero-order valence-electron chi connectivity index (χ0n) is 8.08. The lowest BCUT2D eigenvalue weighted by atomic mass is 10.2. The molecule has 74 valence electrons. The van der Waals surface area contributed by atoms with Crippen LogP contribution in [0, 0.1) is 0 Å². The van der Waals surface area contributed by atoms with Crippen molar-refractivity contribution in [2.45, 2.75) is 6.92 Å². The molecule has 0 amide bonds. The van der Waals surface area contributed by atoms with Gasteiger partial charge in [0.05, 0.1) is 11.6 Å². The second-order valence-corrected chi connectivity index (χ2v) is 3.68. The minimum atomic E-state index is 0.0146. The Morgan fingerprint density at radius 1 is 1.36 bits per heavy atom. The zero-order chi connectivity index (χ0) is 10.6. The van der Waals surface area contributed by atoms with Gasteiger partial charge in [0.25, 0.3) is 0 Å². The molecule has 0 spiro atoms. The summed E-state index contributed by atoms with van der Waals surface area (Å²) in [6.45, 7) is 1.52. The standard InChI is InChI=1S/C11H11BrO2/c1-8(13)11(12)7-9-3-5-10(14-2)6-4-9/h3-7H,1-2H3/b11-7+. The normalized spacial score (nSPS) is 11.2. The summed E-state index contributed by atoms with van der Waals surface area (Å²) in [4.78, 5) is 10.9. The number of Topliss-reactive ketones (excluding diaryl/α,β-unsaturated/α-hetero) is 1. The minimum absolute atomic E-state index is 0.0146. The summed E-state index contributed by atoms with van der Waals surface area (Å²) < 4.78 is 5.59. The molecular weight excluding hydrogens is 244 g/mol. The van der Waals surface area contributed by atoms with Gasteiger partial charge in [-0.15, -0.1) is 0 Å². The number of hydrogen-bond acceptors (Lipinski definition) is 2. The van der Waals surface area contributed by atoms with Crippen LogP contribution in [0.15, 0.2) is 28.7 Å². The summed E-state index contributed by atoms with van der Waals surface area (Å²) in [5.74, 6) is 0.821. The van der Waals surface area contributed by atoms with Crippen LogP contribution in [0.5, 0.6) is 5.75 Å². The van der Waals surface area contributed by atoms with Crippen LogP contribution < -0.4 is 4.74 Å². The van der Waals surface area contributed by atoms with Crippen molar-refractivity contribution in [3.05, 3.63) is 34.3 Å². The first kappa shape index (κ1) is 11.0. The van der Waals surface area contributed by atoms with E-state index >= 15 is 0 Å². The highest BCUT2D eigenvalue weighted by atomic mass is 79.9. The molecule has 0 fully saturated rings. The first-order valence-corrected chi connectivity index (χ1v) is 4.95. The molecule has 0 saturated carbocycles. The number of allylic oxidation sites excluding steroid dienone is 1. The second kappa shape index (κ2) is 4.96. The number of halogens is 1. The third kappa shape index (κ3) is 3.00. The van der Waals surface area contributed by atoms with Gasteiger partial charge in [-0.1, -0.05) is 12.1 Å². The van der Waals surface area contributed by atoms with Crippen LogP contribution in [-0.4, -0.2) is 12.9 Å². The van der Waals surface area contributed by atoms with Gasteiger partial charge < -0.3 is 4.74 Å². The van der Waals surface area contributed by atoms with Gasteiger partial charge in [-0.05, 0) is 46.6 Å². The molecule has 0 bridgehead atoms. The Balaban J connectivity index is 2.88. The van der Waals surface area contributed by atoms with Crippen molar-refractivity contribution in [3.8, 4) is 5.75 Å². The van der Waals surface area contributed by atoms with E-state index < -0.39 is 0 Å². The van der Waals surface area contributed by atoms with Crippen LogP contribution in [-0.2, 0) is 4.79 Å². The summed E-state index contributed by atoms with van der Waals surface area (Å²) in [7, 11) is 1.62. The highest BCUT2D eigenvalue weighted by Crippen LogP contribution is 2.16. The van der Waals surface area contributed by atoms with Crippen LogP contribution in [0.4, 0.5) is 0 Å². The van der Waals surface area contributed by atoms with Gasteiger partial charge in [0.1, 0.15) is 5.75 Å². The largest absolute Gasteiger partial charge is 0.497 e. The monoisotopic (exact) mass is 254 g/mol. The number of carbonyl (C=O) groups is 1. The molecule has 0 radical (unpaired) electrons. The maximum absolute atomic E-state index is 10.9. The summed E-state index contributed by atoms with van der Waals surface area (Å²) in [6, 6.07) is 7.49. The van der Waals surface area contributed by atoms with E-state index in [-0.39, 0.29) is 5.78 Å². The van der Waals surface area contributed by atoms with Crippen molar-refractivity contribution in [1.29, 1.82) is 0 Å². The predicted octanol–water partition coefficient (Wildman–Crippen LogP) is 3.02. The molecular formula is C11H11BrO2. The molecule has 0 heterocycles. The molecule has 0 aliphatic carbocycles. The van der Waals surface area contributed by atoms with E-state index in [2.05, 4.69) is 15.9 Å². The molecule has 0 unspecified atom stereocenters. The molecule has 0 aliphatic rings. The molecule has 1 aromatic carbocycles. The highest BCUT2D eigenvalue weighted by molar-refractivity contribution is 9.12. The molecule has 1 aromatic rings. The van der Waals surface area contributed by atoms with E-state index in [4.69, 9.17) is 4.74 Å². The molecule has 0 aromatic heterocycles. The molecule has 0 atom stereocenters. The summed E-state index contributed by atoms with van der Waals surface area (Å²) in [5, 5.41) is 0. The third-order valence-electron chi connectivity index (χ3n) is 1.75. The van der Waals surface area contributed by atoms with Gasteiger partial charge >= 0.3 is 0 Å². The summed E-state index contributed by atoms with van der Waals surface area (Å²) in [6.07, 6.45) is 1.78. The minimum Gasteiger partial charge on any atom is -0.497 e. The van der Waals surface area contributed by atoms with Crippen molar-refractivity contribution < 1.29 is 9.53 Å². The van der Waals surface area contributed by atoms with E-state index in [1.54, 1.807) is 13.2 Å². The van der Waals surface area contributed by atoms with Crippen molar-refractivity contribution >= 4 is 27.8 Å². The van der Waals surface area contributed by atoms with Gasteiger partial charge in [0.2, 0.25) is 0 Å². The fraction of sp³-hybridized carbons (Fsp3) is 0.182. The number of benzene rings is 1. The van der Waals surface area contributed by atoms with E-state index in [1.807, 2.05) is 24.3 Å². The Morgan fingerprint density at radius 3 is 2.36 bits per heavy atom. The van der Waals surface area contributed by atoms with E-state index in [1.165, 1.54) is 6.92 Å². The maximum atomic E-state index is 10.9. The van der Waals surface area contributed by atoms with Crippen LogP contribution in [0.1, 0.15) is 12.5 Å². The average Bonchev–Trinajstić information content (AvgIpc) is 2.19. The third-order valence-corrected chi connectivity index (χ3v) is 2.53. The average molecular weight is 255 g/mol. The number of ether oxygens (including phenoxy) is 1. The van der Waals surface area contributed by atoms with Crippen LogP contribution in [0.2, 0.25) is 0 Å². The molecule has 3 heteroatoms. The number of ketones is 1. The Morgan fingerprint density at radius 2 is 1.93 bits per heavy atom. The summed E-state index contributed by atoms with van der Waals surface area (Å²) in [5.41, 5.74) is 0.966. The van der Waals surface area contributed by atoms with E-state index in [0.717, 1.165) is 11.3 Å². The van der Waals surface area contributed by atoms with Crippen LogP contribution >= 0.6 is 15.9 Å². The fourth-order valence-corrected chi connectivity index (χ4v) is 1.21. The molecule has 0 saturated heterocycles. The Bertz CT molecular complexity index is 352. The zero-order valence-corrected chi connectivity index (χ0v) is 9.67. The van der Waals surface area contributed by atoms with Gasteiger partial charge in [-0.2, -0.15) is 0 Å².